The maximum absolute atomic E-state index is 12.5. The molecule has 2 fully saturated rings. The summed E-state index contributed by atoms with van der Waals surface area (Å²) in [5.74, 6) is 1.34. The maximum Gasteiger partial charge on any atom is 0.241 e. The Morgan fingerprint density at radius 2 is 2.11 bits per heavy atom. The summed E-state index contributed by atoms with van der Waals surface area (Å²) in [4.78, 5) is 14.6. The molecule has 0 spiro atoms. The summed E-state index contributed by atoms with van der Waals surface area (Å²) in [7, 11) is 1.73. The first-order chi connectivity index (χ1) is 9.17. The highest BCUT2D eigenvalue weighted by Crippen LogP contribution is 2.32. The van der Waals surface area contributed by atoms with Crippen molar-refractivity contribution in [2.75, 3.05) is 20.3 Å². The Morgan fingerprint density at radius 1 is 1.42 bits per heavy atom. The molecule has 2 aliphatic rings. The number of hydrogen-bond donors (Lipinski definition) is 1. The Kier molecular flexibility index (Phi) is 5.22. The molecule has 0 aromatic carbocycles. The van der Waals surface area contributed by atoms with E-state index in [0.717, 1.165) is 19.6 Å². The minimum Gasteiger partial charge on any atom is -0.384 e. The molecule has 1 saturated heterocycles. The first-order valence-electron chi connectivity index (χ1n) is 7.72. The molecule has 1 saturated carbocycles. The van der Waals surface area contributed by atoms with Crippen molar-refractivity contribution in [2.24, 2.45) is 11.8 Å². The van der Waals surface area contributed by atoms with Crippen molar-refractivity contribution in [1.82, 2.24) is 10.2 Å². The Bertz CT molecular complexity index is 303. The summed E-state index contributed by atoms with van der Waals surface area (Å²) in [5.41, 5.74) is 0. The zero-order valence-electron chi connectivity index (χ0n) is 12.5. The average Bonchev–Trinajstić information content (AvgIpc) is 2.99. The smallest absolute Gasteiger partial charge is 0.241 e. The predicted octanol–water partition coefficient (Wildman–Crippen LogP) is 2.00. The summed E-state index contributed by atoms with van der Waals surface area (Å²) < 4.78 is 5.20. The van der Waals surface area contributed by atoms with E-state index in [1.807, 2.05) is 0 Å². The molecule has 3 atom stereocenters. The molecule has 1 N–H and O–H groups in total. The molecule has 1 aliphatic heterocycles. The number of rotatable bonds is 6. The molecule has 0 aromatic heterocycles. The minimum absolute atomic E-state index is 0.0281. The van der Waals surface area contributed by atoms with Gasteiger partial charge in [0.05, 0.1) is 18.8 Å². The molecular weight excluding hydrogens is 240 g/mol. The van der Waals surface area contributed by atoms with Crippen molar-refractivity contribution < 1.29 is 9.53 Å². The zero-order chi connectivity index (χ0) is 13.8. The maximum atomic E-state index is 12.5. The van der Waals surface area contributed by atoms with E-state index >= 15 is 0 Å². The van der Waals surface area contributed by atoms with E-state index in [9.17, 15) is 4.79 Å². The van der Waals surface area contributed by atoms with Gasteiger partial charge in [-0.05, 0) is 31.1 Å². The molecule has 1 heterocycles. The summed E-state index contributed by atoms with van der Waals surface area (Å²) in [6, 6.07) is 0.0281. The molecule has 1 aliphatic carbocycles. The average molecular weight is 268 g/mol. The lowest BCUT2D eigenvalue weighted by molar-refractivity contribution is -0.131. The molecule has 4 nitrogen and oxygen atoms in total. The van der Waals surface area contributed by atoms with Gasteiger partial charge in [-0.25, -0.2) is 0 Å². The number of nitrogens with one attached hydrogen (secondary N) is 1. The largest absolute Gasteiger partial charge is 0.384 e. The normalized spacial score (nSPS) is 30.3. The Balaban J connectivity index is 2.03. The molecule has 4 heteroatoms. The van der Waals surface area contributed by atoms with Gasteiger partial charge < -0.3 is 9.64 Å². The van der Waals surface area contributed by atoms with Gasteiger partial charge in [0.1, 0.15) is 0 Å². The van der Waals surface area contributed by atoms with Crippen LogP contribution in [-0.2, 0) is 9.53 Å². The van der Waals surface area contributed by atoms with Gasteiger partial charge in [-0.2, -0.15) is 0 Å². The van der Waals surface area contributed by atoms with Gasteiger partial charge in [-0.1, -0.05) is 26.7 Å². The van der Waals surface area contributed by atoms with Crippen LogP contribution in [-0.4, -0.2) is 43.3 Å². The van der Waals surface area contributed by atoms with Crippen molar-refractivity contribution >= 4 is 5.91 Å². The van der Waals surface area contributed by atoms with Crippen LogP contribution in [0, 0.1) is 11.8 Å². The second kappa shape index (κ2) is 6.71. The lowest BCUT2D eigenvalue weighted by Crippen LogP contribution is -2.44. The van der Waals surface area contributed by atoms with Crippen LogP contribution >= 0.6 is 0 Å². The van der Waals surface area contributed by atoms with Crippen LogP contribution < -0.4 is 5.32 Å². The van der Waals surface area contributed by atoms with Crippen LogP contribution in [0.2, 0.25) is 0 Å². The molecule has 110 valence electrons. The number of carbonyl (C=O) groups excluding carboxylic acids is 1. The molecule has 0 aromatic rings. The van der Waals surface area contributed by atoms with Gasteiger partial charge in [0.2, 0.25) is 5.91 Å². The minimum atomic E-state index is 0.0281. The molecule has 19 heavy (non-hydrogen) atoms. The van der Waals surface area contributed by atoms with Crippen molar-refractivity contribution in [3.63, 3.8) is 0 Å². The van der Waals surface area contributed by atoms with Gasteiger partial charge in [0.15, 0.2) is 0 Å². The number of ether oxygens (including phenoxy) is 1. The second-order valence-electron chi connectivity index (χ2n) is 6.17. The van der Waals surface area contributed by atoms with E-state index in [1.54, 1.807) is 7.11 Å². The van der Waals surface area contributed by atoms with Crippen molar-refractivity contribution in [3.8, 4) is 0 Å². The van der Waals surface area contributed by atoms with Gasteiger partial charge in [0.25, 0.3) is 0 Å². The summed E-state index contributed by atoms with van der Waals surface area (Å²) in [6.45, 7) is 5.78. The topological polar surface area (TPSA) is 41.6 Å². The molecular formula is C15H28N2O2. The summed E-state index contributed by atoms with van der Waals surface area (Å²) in [6.07, 6.45) is 6.30. The Hall–Kier alpha value is -0.610. The standard InChI is InChI=1S/C15H28N2O2/c1-4-13-15(18)17(9-11(2)10-19-3)14(16-13)12-7-5-6-8-12/h11-14,16H,4-10H2,1-3H3. The number of amides is 1. The van der Waals surface area contributed by atoms with Crippen molar-refractivity contribution in [2.45, 2.75) is 58.2 Å². The van der Waals surface area contributed by atoms with Crippen LogP contribution in [0.25, 0.3) is 0 Å². The fourth-order valence-corrected chi connectivity index (χ4v) is 3.54. The van der Waals surface area contributed by atoms with Crippen LogP contribution in [0.3, 0.4) is 0 Å². The van der Waals surface area contributed by atoms with E-state index in [1.165, 1.54) is 25.7 Å². The first-order valence-corrected chi connectivity index (χ1v) is 7.72. The molecule has 0 bridgehead atoms. The third kappa shape index (κ3) is 3.29. The van der Waals surface area contributed by atoms with Crippen molar-refractivity contribution in [1.29, 1.82) is 0 Å². The van der Waals surface area contributed by atoms with Crippen LogP contribution in [0.15, 0.2) is 0 Å². The van der Waals surface area contributed by atoms with Crippen LogP contribution in [0.5, 0.6) is 0 Å². The van der Waals surface area contributed by atoms with Crippen molar-refractivity contribution in [3.05, 3.63) is 0 Å². The van der Waals surface area contributed by atoms with E-state index < -0.39 is 0 Å². The highest BCUT2D eigenvalue weighted by Gasteiger charge is 2.42. The quantitative estimate of drug-likeness (QED) is 0.801. The van der Waals surface area contributed by atoms with E-state index in [4.69, 9.17) is 4.74 Å². The third-order valence-corrected chi connectivity index (χ3v) is 4.50. The molecule has 3 unspecified atom stereocenters. The third-order valence-electron chi connectivity index (χ3n) is 4.50. The van der Waals surface area contributed by atoms with Crippen LogP contribution in [0.1, 0.15) is 46.0 Å². The second-order valence-corrected chi connectivity index (χ2v) is 6.17. The Morgan fingerprint density at radius 3 is 2.68 bits per heavy atom. The number of hydrogen-bond acceptors (Lipinski definition) is 3. The molecule has 0 radical (unpaired) electrons. The van der Waals surface area contributed by atoms with E-state index in [-0.39, 0.29) is 12.2 Å². The monoisotopic (exact) mass is 268 g/mol. The fraction of sp³-hybridized carbons (Fsp3) is 0.933. The highest BCUT2D eigenvalue weighted by atomic mass is 16.5. The lowest BCUT2D eigenvalue weighted by Gasteiger charge is -2.31. The summed E-state index contributed by atoms with van der Waals surface area (Å²) in [5, 5.41) is 3.57. The lowest BCUT2D eigenvalue weighted by atomic mass is 10.0. The number of carbonyl (C=O) groups is 1. The predicted molar refractivity (Wildman–Crippen MR) is 75.7 cm³/mol. The Labute approximate surface area is 116 Å². The highest BCUT2D eigenvalue weighted by molar-refractivity contribution is 5.84. The van der Waals surface area contributed by atoms with E-state index in [0.29, 0.717) is 17.7 Å². The molecule has 1 amide bonds. The summed E-state index contributed by atoms with van der Waals surface area (Å²) >= 11 is 0. The zero-order valence-corrected chi connectivity index (χ0v) is 12.5. The SMILES string of the molecule is CCC1NC(C2CCCC2)N(CC(C)COC)C1=O. The van der Waals surface area contributed by atoms with Gasteiger partial charge in [-0.3, -0.25) is 10.1 Å². The van der Waals surface area contributed by atoms with Gasteiger partial charge >= 0.3 is 0 Å². The van der Waals surface area contributed by atoms with Gasteiger partial charge in [-0.15, -0.1) is 0 Å². The number of nitrogens with zero attached hydrogens (tertiary/aromatic N) is 1. The van der Waals surface area contributed by atoms with E-state index in [2.05, 4.69) is 24.1 Å². The fourth-order valence-electron chi connectivity index (χ4n) is 3.54. The number of methoxy groups -OCH3 is 1. The van der Waals surface area contributed by atoms with Gasteiger partial charge in [0, 0.05) is 13.7 Å². The van der Waals surface area contributed by atoms with Crippen LogP contribution in [0.4, 0.5) is 0 Å². The first kappa shape index (κ1) is 14.8. The molecule has 2 rings (SSSR count).